The van der Waals surface area contributed by atoms with Gasteiger partial charge in [-0.05, 0) is 12.0 Å². The number of primary amides is 1. The van der Waals surface area contributed by atoms with E-state index in [1.807, 2.05) is 30.3 Å². The predicted molar refractivity (Wildman–Crippen MR) is 54.8 cm³/mol. The van der Waals surface area contributed by atoms with E-state index in [1.165, 1.54) is 0 Å². The Morgan fingerprint density at radius 2 is 1.92 bits per heavy atom. The van der Waals surface area contributed by atoms with Gasteiger partial charge < -0.3 is 11.5 Å². The molecule has 1 amide bonds. The van der Waals surface area contributed by atoms with Gasteiger partial charge in [0.1, 0.15) is 7.85 Å². The van der Waals surface area contributed by atoms with Crippen LogP contribution in [-0.2, 0) is 11.2 Å². The molecule has 0 heterocycles. The lowest BCUT2D eigenvalue weighted by Gasteiger charge is -2.20. The van der Waals surface area contributed by atoms with Gasteiger partial charge in [-0.25, -0.2) is 0 Å². The second-order valence-electron chi connectivity index (χ2n) is 3.44. The number of hydrogen-bond donors (Lipinski definition) is 2. The summed E-state index contributed by atoms with van der Waals surface area (Å²) in [7, 11) is 1.64. The molecular formula is C9H13BN2O. The summed E-state index contributed by atoms with van der Waals surface area (Å²) in [5.74, 6) is -0.476. The first-order chi connectivity index (χ1) is 6.02. The third-order valence-electron chi connectivity index (χ3n) is 1.98. The molecule has 3 nitrogen and oxygen atoms in total. The molecule has 4 heteroatoms. The second kappa shape index (κ2) is 3.62. The molecule has 68 valence electrons. The lowest BCUT2D eigenvalue weighted by Crippen LogP contribution is -2.54. The molecule has 0 aliphatic heterocycles. The summed E-state index contributed by atoms with van der Waals surface area (Å²) in [6, 6.07) is 9.59. The van der Waals surface area contributed by atoms with Crippen LogP contribution in [0.4, 0.5) is 0 Å². The van der Waals surface area contributed by atoms with Gasteiger partial charge in [-0.3, -0.25) is 4.79 Å². The maximum absolute atomic E-state index is 10.9. The molecule has 0 bridgehead atoms. The predicted octanol–water partition coefficient (Wildman–Crippen LogP) is -0.998. The van der Waals surface area contributed by atoms with Crippen LogP contribution < -0.4 is 11.5 Å². The third kappa shape index (κ3) is 2.59. The number of carbonyl (C=O) groups is 1. The Kier molecular flexibility index (Phi) is 2.73. The van der Waals surface area contributed by atoms with Gasteiger partial charge in [-0.2, -0.15) is 0 Å². The van der Waals surface area contributed by atoms with Gasteiger partial charge in [-0.1, -0.05) is 30.3 Å². The molecule has 0 saturated carbocycles. The molecule has 0 radical (unpaired) electrons. The van der Waals surface area contributed by atoms with E-state index in [1.54, 1.807) is 7.85 Å². The number of nitrogens with two attached hydrogens (primary N) is 2. The average Bonchev–Trinajstić information content (AvgIpc) is 2.05. The molecule has 1 aromatic carbocycles. The van der Waals surface area contributed by atoms with Crippen LogP contribution in [0.1, 0.15) is 5.56 Å². The van der Waals surface area contributed by atoms with E-state index in [0.717, 1.165) is 5.56 Å². The van der Waals surface area contributed by atoms with Crippen molar-refractivity contribution in [2.24, 2.45) is 11.5 Å². The van der Waals surface area contributed by atoms with Crippen LogP contribution >= 0.6 is 0 Å². The third-order valence-corrected chi connectivity index (χ3v) is 1.98. The first-order valence-corrected chi connectivity index (χ1v) is 4.15. The fourth-order valence-corrected chi connectivity index (χ4v) is 1.11. The van der Waals surface area contributed by atoms with Crippen LogP contribution in [0.15, 0.2) is 30.3 Å². The molecule has 13 heavy (non-hydrogen) atoms. The fraction of sp³-hybridized carbons (Fsp3) is 0.222. The van der Waals surface area contributed by atoms with E-state index in [9.17, 15) is 4.79 Å². The van der Waals surface area contributed by atoms with Crippen LogP contribution in [0.2, 0.25) is 0 Å². The average molecular weight is 176 g/mol. The van der Waals surface area contributed by atoms with Crippen molar-refractivity contribution in [3.05, 3.63) is 35.9 Å². The van der Waals surface area contributed by atoms with Crippen molar-refractivity contribution in [1.82, 2.24) is 0 Å². The number of hydrogen-bond acceptors (Lipinski definition) is 2. The lowest BCUT2D eigenvalue weighted by molar-refractivity contribution is -0.120. The van der Waals surface area contributed by atoms with Gasteiger partial charge in [0.15, 0.2) is 0 Å². The zero-order chi connectivity index (χ0) is 9.90. The van der Waals surface area contributed by atoms with Crippen molar-refractivity contribution >= 4 is 13.8 Å². The molecular weight excluding hydrogens is 163 g/mol. The van der Waals surface area contributed by atoms with Crippen LogP contribution in [0, 0.1) is 0 Å². The van der Waals surface area contributed by atoms with E-state index >= 15 is 0 Å². The van der Waals surface area contributed by atoms with Gasteiger partial charge in [-0.15, -0.1) is 0 Å². The Balaban J connectivity index is 2.75. The van der Waals surface area contributed by atoms with Crippen LogP contribution in [0.5, 0.6) is 0 Å². The van der Waals surface area contributed by atoms with E-state index in [0.29, 0.717) is 6.42 Å². The monoisotopic (exact) mass is 176 g/mol. The van der Waals surface area contributed by atoms with E-state index in [-0.39, 0.29) is 0 Å². The maximum Gasteiger partial charge on any atom is 0.229 e. The quantitative estimate of drug-likeness (QED) is 0.580. The molecule has 1 rings (SSSR count). The molecule has 0 aliphatic carbocycles. The Morgan fingerprint density at radius 3 is 2.38 bits per heavy atom. The lowest BCUT2D eigenvalue weighted by atomic mass is 9.73. The van der Waals surface area contributed by atoms with Crippen molar-refractivity contribution < 1.29 is 4.79 Å². The van der Waals surface area contributed by atoms with Gasteiger partial charge >= 0.3 is 0 Å². The summed E-state index contributed by atoms with van der Waals surface area (Å²) < 4.78 is 0. The molecule has 1 atom stereocenters. The van der Waals surface area contributed by atoms with Crippen LogP contribution in [-0.4, -0.2) is 19.2 Å². The highest BCUT2D eigenvalue weighted by atomic mass is 16.1. The minimum atomic E-state index is -0.957. The van der Waals surface area contributed by atoms with Crippen molar-refractivity contribution in [3.63, 3.8) is 0 Å². The van der Waals surface area contributed by atoms with Gasteiger partial charge in [0.05, 0.1) is 5.44 Å². The second-order valence-corrected chi connectivity index (χ2v) is 3.44. The fourth-order valence-electron chi connectivity index (χ4n) is 1.11. The van der Waals surface area contributed by atoms with Crippen LogP contribution in [0.25, 0.3) is 0 Å². The minimum Gasteiger partial charge on any atom is -0.369 e. The standard InChI is InChI=1S/C9H13BN2O/c10-9(12,8(11)13)6-7-4-2-1-3-5-7/h1-5H,6,10,12H2,(H2,11,13)/t9-/m0/s1. The van der Waals surface area contributed by atoms with Gasteiger partial charge in [0, 0.05) is 0 Å². The molecule has 0 saturated heterocycles. The number of rotatable bonds is 3. The number of carbonyl (C=O) groups excluding carboxylic acids is 1. The first-order valence-electron chi connectivity index (χ1n) is 4.15. The minimum absolute atomic E-state index is 0.475. The van der Waals surface area contributed by atoms with E-state index < -0.39 is 11.3 Å². The number of amides is 1. The first kappa shape index (κ1) is 9.80. The molecule has 0 aliphatic rings. The molecule has 1 aromatic rings. The molecule has 0 aromatic heterocycles. The van der Waals surface area contributed by atoms with Crippen molar-refractivity contribution in [2.45, 2.75) is 11.9 Å². The van der Waals surface area contributed by atoms with E-state index in [2.05, 4.69) is 0 Å². The Morgan fingerprint density at radius 1 is 1.38 bits per heavy atom. The summed E-state index contributed by atoms with van der Waals surface area (Å²) in [6.07, 6.45) is 0.475. The zero-order valence-electron chi connectivity index (χ0n) is 7.66. The normalized spacial score (nSPS) is 14.8. The Hall–Kier alpha value is -1.29. The number of benzene rings is 1. The smallest absolute Gasteiger partial charge is 0.229 e. The highest BCUT2D eigenvalue weighted by molar-refractivity contribution is 6.28. The van der Waals surface area contributed by atoms with Crippen molar-refractivity contribution in [1.29, 1.82) is 0 Å². The van der Waals surface area contributed by atoms with Crippen molar-refractivity contribution in [3.8, 4) is 0 Å². The summed E-state index contributed by atoms with van der Waals surface area (Å²) in [4.78, 5) is 10.9. The van der Waals surface area contributed by atoms with Gasteiger partial charge in [0.2, 0.25) is 5.91 Å². The zero-order valence-corrected chi connectivity index (χ0v) is 7.66. The molecule has 0 spiro atoms. The highest BCUT2D eigenvalue weighted by Crippen LogP contribution is 2.06. The Labute approximate surface area is 78.5 Å². The summed E-state index contributed by atoms with van der Waals surface area (Å²) in [5, 5.41) is 0. The van der Waals surface area contributed by atoms with E-state index in [4.69, 9.17) is 11.5 Å². The Bertz CT molecular complexity index is 298. The summed E-state index contributed by atoms with van der Waals surface area (Å²) in [6.45, 7) is 0. The maximum atomic E-state index is 10.9. The van der Waals surface area contributed by atoms with Crippen molar-refractivity contribution in [2.75, 3.05) is 0 Å². The highest BCUT2D eigenvalue weighted by Gasteiger charge is 2.25. The van der Waals surface area contributed by atoms with Gasteiger partial charge in [0.25, 0.3) is 0 Å². The SMILES string of the molecule is B[C@](N)(Cc1ccccc1)C(N)=O. The topological polar surface area (TPSA) is 69.1 Å². The molecule has 0 unspecified atom stereocenters. The molecule has 0 fully saturated rings. The summed E-state index contributed by atoms with van der Waals surface area (Å²) in [5.41, 5.74) is 10.9. The summed E-state index contributed by atoms with van der Waals surface area (Å²) >= 11 is 0. The van der Waals surface area contributed by atoms with Crippen LogP contribution in [0.3, 0.4) is 0 Å². The largest absolute Gasteiger partial charge is 0.369 e. The molecule has 4 N–H and O–H groups in total.